The van der Waals surface area contributed by atoms with Crippen molar-refractivity contribution in [1.29, 1.82) is 0 Å². The molecule has 1 aromatic rings. The number of carbonyl (C=O) groups excluding carboxylic acids is 1. The molecule has 0 unspecified atom stereocenters. The van der Waals surface area contributed by atoms with E-state index >= 15 is 0 Å². The van der Waals surface area contributed by atoms with Gasteiger partial charge in [-0.05, 0) is 36.8 Å². The van der Waals surface area contributed by atoms with Crippen LogP contribution in [-0.4, -0.2) is 28.8 Å². The summed E-state index contributed by atoms with van der Waals surface area (Å²) in [6.07, 6.45) is 2.52. The quantitative estimate of drug-likeness (QED) is 0.389. The van der Waals surface area contributed by atoms with Crippen LogP contribution in [0.1, 0.15) is 25.0 Å². The molecule has 19 heavy (non-hydrogen) atoms. The third-order valence-electron chi connectivity index (χ3n) is 3.29. The highest BCUT2D eigenvalue weighted by Crippen LogP contribution is 2.52. The number of nitrogens with zero attached hydrogens (tertiary/aromatic N) is 2. The first-order chi connectivity index (χ1) is 8.96. The zero-order chi connectivity index (χ0) is 14.0. The highest BCUT2D eigenvalue weighted by Gasteiger charge is 2.44. The number of halogens is 1. The fourth-order valence-electron chi connectivity index (χ4n) is 1.78. The number of ether oxygens (including phenoxy) is 1. The lowest BCUT2D eigenvalue weighted by Crippen LogP contribution is -2.13. The Morgan fingerprint density at radius 1 is 1.53 bits per heavy atom. The molecule has 1 aliphatic carbocycles. The highest BCUT2D eigenvalue weighted by molar-refractivity contribution is 7.99. The number of nitrogens with two attached hydrogens (primary N) is 1. The number of esters is 1. The lowest BCUT2D eigenvalue weighted by molar-refractivity contribution is -0.141. The minimum atomic E-state index is -0.164. The number of nitrogen functional groups attached to an aromatic ring is 1. The normalized spacial score (nSPS) is 16.2. The number of hydrogen-bond acceptors (Lipinski definition) is 6. The number of aryl methyl sites for hydroxylation is 1. The molecule has 0 aliphatic heterocycles. The van der Waals surface area contributed by atoms with Crippen LogP contribution >= 0.6 is 23.4 Å². The molecule has 0 aromatic carbocycles. The molecule has 104 valence electrons. The van der Waals surface area contributed by atoms with Gasteiger partial charge < -0.3 is 10.5 Å². The van der Waals surface area contributed by atoms with Gasteiger partial charge in [0, 0.05) is 5.75 Å². The van der Waals surface area contributed by atoms with Gasteiger partial charge in [0.25, 0.3) is 0 Å². The average molecular weight is 302 g/mol. The molecule has 0 amide bonds. The van der Waals surface area contributed by atoms with Crippen LogP contribution in [0.4, 0.5) is 5.69 Å². The topological polar surface area (TPSA) is 78.1 Å². The average Bonchev–Trinajstić information content (AvgIpc) is 3.12. The Balaban J connectivity index is 2.01. The number of carbonyl (C=O) groups is 1. The van der Waals surface area contributed by atoms with Gasteiger partial charge in [0.2, 0.25) is 5.28 Å². The smallest absolute Gasteiger partial charge is 0.306 e. The van der Waals surface area contributed by atoms with E-state index in [1.54, 1.807) is 6.92 Å². The molecule has 0 spiro atoms. The fourth-order valence-corrected chi connectivity index (χ4v) is 3.33. The second kappa shape index (κ2) is 5.54. The molecule has 0 radical (unpaired) electrons. The van der Waals surface area contributed by atoms with Crippen LogP contribution in [0.5, 0.6) is 0 Å². The van der Waals surface area contributed by atoms with E-state index in [1.165, 1.54) is 18.9 Å². The maximum Gasteiger partial charge on any atom is 0.306 e. The first-order valence-electron chi connectivity index (χ1n) is 5.95. The van der Waals surface area contributed by atoms with Crippen LogP contribution < -0.4 is 5.73 Å². The number of rotatable bonds is 5. The summed E-state index contributed by atoms with van der Waals surface area (Å²) in [5.41, 5.74) is 7.21. The van der Waals surface area contributed by atoms with Gasteiger partial charge in [0.1, 0.15) is 5.03 Å². The van der Waals surface area contributed by atoms with Crippen molar-refractivity contribution in [2.45, 2.75) is 31.2 Å². The standard InChI is InChI=1S/C12H16ClN3O2S/c1-7-9(14)10(16-11(13)15-7)19-6-12(3-4-12)5-8(17)18-2/h3-6,14H2,1-2H3. The van der Waals surface area contributed by atoms with Crippen molar-refractivity contribution in [2.75, 3.05) is 18.6 Å². The number of hydrogen-bond donors (Lipinski definition) is 1. The summed E-state index contributed by atoms with van der Waals surface area (Å²) >= 11 is 7.36. The van der Waals surface area contributed by atoms with Crippen molar-refractivity contribution in [2.24, 2.45) is 5.41 Å². The maximum atomic E-state index is 11.4. The number of thioether (sulfide) groups is 1. The van der Waals surface area contributed by atoms with Gasteiger partial charge in [-0.15, -0.1) is 11.8 Å². The molecule has 1 heterocycles. The van der Waals surface area contributed by atoms with E-state index < -0.39 is 0 Å². The van der Waals surface area contributed by atoms with Gasteiger partial charge in [-0.3, -0.25) is 4.79 Å². The summed E-state index contributed by atoms with van der Waals surface area (Å²) in [6.45, 7) is 1.80. The van der Waals surface area contributed by atoms with E-state index in [9.17, 15) is 4.79 Å². The predicted molar refractivity (Wildman–Crippen MR) is 75.2 cm³/mol. The largest absolute Gasteiger partial charge is 0.469 e. The van der Waals surface area contributed by atoms with Crippen LogP contribution in [0.25, 0.3) is 0 Å². The molecule has 7 heteroatoms. The third-order valence-corrected chi connectivity index (χ3v) is 4.80. The molecule has 0 bridgehead atoms. The SMILES string of the molecule is COC(=O)CC1(CSc2nc(Cl)nc(C)c2N)CC1. The lowest BCUT2D eigenvalue weighted by atomic mass is 10.1. The van der Waals surface area contributed by atoms with Crippen molar-refractivity contribution in [1.82, 2.24) is 9.97 Å². The number of anilines is 1. The Labute approximate surface area is 121 Å². The molecule has 0 atom stereocenters. The molecule has 0 saturated heterocycles. The molecule has 1 aliphatic rings. The zero-order valence-electron chi connectivity index (χ0n) is 10.9. The van der Waals surface area contributed by atoms with Gasteiger partial charge in [-0.25, -0.2) is 9.97 Å². The Hall–Kier alpha value is -1.01. The Morgan fingerprint density at radius 3 is 2.79 bits per heavy atom. The van der Waals surface area contributed by atoms with Gasteiger partial charge in [-0.2, -0.15) is 0 Å². The third kappa shape index (κ3) is 3.51. The van der Waals surface area contributed by atoms with Crippen LogP contribution in [-0.2, 0) is 9.53 Å². The van der Waals surface area contributed by atoms with E-state index in [1.807, 2.05) is 0 Å². The Bertz CT molecular complexity index is 506. The van der Waals surface area contributed by atoms with Crippen LogP contribution in [0.2, 0.25) is 5.28 Å². The number of methoxy groups -OCH3 is 1. The summed E-state index contributed by atoms with van der Waals surface area (Å²) < 4.78 is 4.72. The van der Waals surface area contributed by atoms with Crippen molar-refractivity contribution in [3.05, 3.63) is 11.0 Å². The van der Waals surface area contributed by atoms with E-state index in [2.05, 4.69) is 9.97 Å². The second-order valence-electron chi connectivity index (χ2n) is 4.84. The van der Waals surface area contributed by atoms with Gasteiger partial charge >= 0.3 is 5.97 Å². The summed E-state index contributed by atoms with van der Waals surface area (Å²) in [5, 5.41) is 0.889. The predicted octanol–water partition coefficient (Wildman–Crippen LogP) is 2.46. The first-order valence-corrected chi connectivity index (χ1v) is 7.31. The molecule has 1 aromatic heterocycles. The van der Waals surface area contributed by atoms with Crippen molar-refractivity contribution < 1.29 is 9.53 Å². The maximum absolute atomic E-state index is 11.4. The molecule has 2 N–H and O–H groups in total. The lowest BCUT2D eigenvalue weighted by Gasteiger charge is -2.14. The minimum absolute atomic E-state index is 0.0372. The van der Waals surface area contributed by atoms with Gasteiger partial charge in [-0.1, -0.05) is 0 Å². The van der Waals surface area contributed by atoms with Crippen molar-refractivity contribution >= 4 is 35.0 Å². The van der Waals surface area contributed by atoms with Crippen LogP contribution in [0.3, 0.4) is 0 Å². The van der Waals surface area contributed by atoms with E-state index in [-0.39, 0.29) is 16.7 Å². The molecule has 5 nitrogen and oxygen atoms in total. The Morgan fingerprint density at radius 2 is 2.21 bits per heavy atom. The summed E-state index contributed by atoms with van der Waals surface area (Å²) in [7, 11) is 1.41. The van der Waals surface area contributed by atoms with E-state index in [0.717, 1.165) is 18.6 Å². The Kier molecular flexibility index (Phi) is 4.20. The molecule has 1 saturated carbocycles. The minimum Gasteiger partial charge on any atom is -0.469 e. The molecular formula is C12H16ClN3O2S. The number of aromatic nitrogens is 2. The summed E-state index contributed by atoms with van der Waals surface area (Å²) in [4.78, 5) is 19.5. The van der Waals surface area contributed by atoms with Crippen LogP contribution in [0, 0.1) is 12.3 Å². The summed E-state index contributed by atoms with van der Waals surface area (Å²) in [5.74, 6) is 0.627. The van der Waals surface area contributed by atoms with Crippen molar-refractivity contribution in [3.8, 4) is 0 Å². The van der Waals surface area contributed by atoms with E-state index in [0.29, 0.717) is 22.8 Å². The van der Waals surface area contributed by atoms with Crippen LogP contribution in [0.15, 0.2) is 5.03 Å². The fraction of sp³-hybridized carbons (Fsp3) is 0.583. The van der Waals surface area contributed by atoms with Gasteiger partial charge in [0.05, 0.1) is 24.9 Å². The molecule has 2 rings (SSSR count). The summed E-state index contributed by atoms with van der Waals surface area (Å²) in [6, 6.07) is 0. The van der Waals surface area contributed by atoms with Gasteiger partial charge in [0.15, 0.2) is 0 Å². The second-order valence-corrected chi connectivity index (χ2v) is 6.14. The van der Waals surface area contributed by atoms with E-state index in [4.69, 9.17) is 22.1 Å². The monoisotopic (exact) mass is 301 g/mol. The van der Waals surface area contributed by atoms with Crippen molar-refractivity contribution in [3.63, 3.8) is 0 Å². The molecule has 1 fully saturated rings. The zero-order valence-corrected chi connectivity index (χ0v) is 12.5. The first kappa shape index (κ1) is 14.4. The highest BCUT2D eigenvalue weighted by atomic mass is 35.5. The molecular weight excluding hydrogens is 286 g/mol.